The van der Waals surface area contributed by atoms with Gasteiger partial charge in [0.2, 0.25) is 0 Å². The van der Waals surface area contributed by atoms with Crippen LogP contribution in [0.4, 0.5) is 0 Å². The van der Waals surface area contributed by atoms with Crippen LogP contribution in [-0.2, 0) is 4.79 Å². The quantitative estimate of drug-likeness (QED) is 0.230. The standard InChI is InChI=1S/C11H16N2.C7H16N4O2/c1-9-2-3-11(13-8-9)10-4-6-12-7-5-10;1-4(2)5(7(12)13)3-6(10-8)11-9/h2-3,8,10,12H,4-7H2,1H3;4-5H,3,8-9H2,1-2H3,(H,10,11)(H,12,13). The summed E-state index contributed by atoms with van der Waals surface area (Å²) in [6.45, 7) is 8.01. The molecule has 0 aliphatic carbocycles. The second kappa shape index (κ2) is 11.4. The van der Waals surface area contributed by atoms with E-state index >= 15 is 0 Å². The number of hydrogen-bond donors (Lipinski definition) is 5. The number of amidine groups is 1. The molecule has 8 heteroatoms. The summed E-state index contributed by atoms with van der Waals surface area (Å²) in [5, 5.41) is 15.5. The molecule has 0 spiro atoms. The highest BCUT2D eigenvalue weighted by atomic mass is 16.4. The number of nitrogens with zero attached hydrogens (tertiary/aromatic N) is 2. The third-order valence-electron chi connectivity index (χ3n) is 4.55. The van der Waals surface area contributed by atoms with E-state index in [1.807, 2.05) is 20.0 Å². The lowest BCUT2D eigenvalue weighted by atomic mass is 9.92. The van der Waals surface area contributed by atoms with Gasteiger partial charge >= 0.3 is 5.97 Å². The number of piperidine rings is 1. The molecule has 1 aliphatic heterocycles. The van der Waals surface area contributed by atoms with Crippen LogP contribution in [-0.4, -0.2) is 35.0 Å². The minimum Gasteiger partial charge on any atom is -0.481 e. The predicted octanol–water partition coefficient (Wildman–Crippen LogP) is 1.33. The molecule has 0 radical (unpaired) electrons. The number of nitrogens with two attached hydrogens (primary N) is 2. The average molecular weight is 364 g/mol. The minimum atomic E-state index is -0.869. The number of hydrazone groups is 1. The van der Waals surface area contributed by atoms with E-state index in [1.165, 1.54) is 24.1 Å². The third-order valence-corrected chi connectivity index (χ3v) is 4.55. The Balaban J connectivity index is 0.000000260. The first-order valence-corrected chi connectivity index (χ1v) is 8.98. The number of rotatable bonds is 5. The van der Waals surface area contributed by atoms with Crippen molar-refractivity contribution in [2.75, 3.05) is 13.1 Å². The van der Waals surface area contributed by atoms with Crippen molar-refractivity contribution in [3.63, 3.8) is 0 Å². The fourth-order valence-electron chi connectivity index (χ4n) is 2.80. The number of carbonyl (C=O) groups is 1. The van der Waals surface area contributed by atoms with E-state index in [2.05, 4.69) is 39.9 Å². The molecule has 1 aromatic rings. The Bertz CT molecular complexity index is 568. The molecular weight excluding hydrogens is 332 g/mol. The lowest BCUT2D eigenvalue weighted by molar-refractivity contribution is -0.142. The van der Waals surface area contributed by atoms with Gasteiger partial charge in [-0.15, -0.1) is 0 Å². The second-order valence-corrected chi connectivity index (χ2v) is 6.90. The van der Waals surface area contributed by atoms with Crippen molar-refractivity contribution >= 4 is 11.8 Å². The van der Waals surface area contributed by atoms with Crippen LogP contribution in [0, 0.1) is 18.8 Å². The first-order chi connectivity index (χ1) is 12.4. The molecule has 0 bridgehead atoms. The summed E-state index contributed by atoms with van der Waals surface area (Å²) in [5.74, 6) is 9.67. The van der Waals surface area contributed by atoms with Gasteiger partial charge in [-0.05, 0) is 50.4 Å². The molecule has 146 valence electrons. The van der Waals surface area contributed by atoms with Crippen molar-refractivity contribution in [2.24, 2.45) is 28.6 Å². The van der Waals surface area contributed by atoms with E-state index in [9.17, 15) is 4.79 Å². The number of carboxylic acid groups (broad SMARTS) is 1. The molecule has 1 unspecified atom stereocenters. The van der Waals surface area contributed by atoms with Gasteiger partial charge in [-0.3, -0.25) is 9.78 Å². The molecule has 0 aromatic carbocycles. The zero-order valence-corrected chi connectivity index (χ0v) is 15.9. The Morgan fingerprint density at radius 3 is 2.50 bits per heavy atom. The lowest BCUT2D eigenvalue weighted by Crippen LogP contribution is -2.35. The van der Waals surface area contributed by atoms with Crippen molar-refractivity contribution in [1.29, 1.82) is 0 Å². The Hall–Kier alpha value is -2.19. The molecule has 7 N–H and O–H groups in total. The maximum Gasteiger partial charge on any atom is 0.307 e. The molecule has 0 saturated carbocycles. The summed E-state index contributed by atoms with van der Waals surface area (Å²) in [6, 6.07) is 4.33. The fraction of sp³-hybridized carbons (Fsp3) is 0.611. The zero-order chi connectivity index (χ0) is 19.5. The van der Waals surface area contributed by atoms with Crippen LogP contribution in [0.2, 0.25) is 0 Å². The van der Waals surface area contributed by atoms with Crippen LogP contribution in [0.15, 0.2) is 23.4 Å². The monoisotopic (exact) mass is 364 g/mol. The van der Waals surface area contributed by atoms with Gasteiger partial charge in [0.05, 0.1) is 5.92 Å². The maximum atomic E-state index is 10.7. The number of hydrazine groups is 1. The second-order valence-electron chi connectivity index (χ2n) is 6.90. The van der Waals surface area contributed by atoms with E-state index in [0.717, 1.165) is 13.1 Å². The van der Waals surface area contributed by atoms with Crippen molar-refractivity contribution in [1.82, 2.24) is 15.7 Å². The van der Waals surface area contributed by atoms with Gasteiger partial charge in [0.15, 0.2) is 0 Å². The van der Waals surface area contributed by atoms with Crippen molar-refractivity contribution in [2.45, 2.75) is 46.0 Å². The van der Waals surface area contributed by atoms with Gasteiger partial charge in [-0.1, -0.05) is 19.9 Å². The summed E-state index contributed by atoms with van der Waals surface area (Å²) >= 11 is 0. The topological polar surface area (TPSA) is 139 Å². The zero-order valence-electron chi connectivity index (χ0n) is 15.9. The van der Waals surface area contributed by atoms with E-state index in [0.29, 0.717) is 11.8 Å². The molecule has 0 amide bonds. The highest BCUT2D eigenvalue weighted by molar-refractivity contribution is 5.85. The molecule has 1 saturated heterocycles. The van der Waals surface area contributed by atoms with Crippen LogP contribution in [0.1, 0.15) is 50.3 Å². The van der Waals surface area contributed by atoms with E-state index in [1.54, 1.807) is 0 Å². The number of carboxylic acids is 1. The first-order valence-electron chi connectivity index (χ1n) is 8.98. The average Bonchev–Trinajstić information content (AvgIpc) is 2.64. The predicted molar refractivity (Wildman–Crippen MR) is 103 cm³/mol. The molecule has 1 atom stereocenters. The molecule has 2 rings (SSSR count). The summed E-state index contributed by atoms with van der Waals surface area (Å²) in [5.41, 5.74) is 4.77. The Morgan fingerprint density at radius 2 is 2.08 bits per heavy atom. The van der Waals surface area contributed by atoms with Gasteiger partial charge < -0.3 is 21.7 Å². The first kappa shape index (κ1) is 21.9. The SMILES string of the molecule is CC(C)C(C/C(=N/N)NN)C(=O)O.Cc1ccc(C2CCNCC2)nc1. The summed E-state index contributed by atoms with van der Waals surface area (Å²) < 4.78 is 0. The maximum absolute atomic E-state index is 10.7. The van der Waals surface area contributed by atoms with Crippen molar-refractivity contribution < 1.29 is 9.90 Å². The van der Waals surface area contributed by atoms with Crippen molar-refractivity contribution in [3.8, 4) is 0 Å². The molecular formula is C18H32N6O2. The Kier molecular flexibility index (Phi) is 9.61. The van der Waals surface area contributed by atoms with Gasteiger partial charge in [-0.25, -0.2) is 5.84 Å². The molecule has 1 aliphatic rings. The van der Waals surface area contributed by atoms with Crippen LogP contribution >= 0.6 is 0 Å². The van der Waals surface area contributed by atoms with Gasteiger partial charge in [-0.2, -0.15) is 5.10 Å². The number of aromatic nitrogens is 1. The Morgan fingerprint density at radius 1 is 1.42 bits per heavy atom. The third kappa shape index (κ3) is 7.37. The normalized spacial score (nSPS) is 16.6. The molecule has 26 heavy (non-hydrogen) atoms. The number of hydrogen-bond acceptors (Lipinski definition) is 6. The van der Waals surface area contributed by atoms with Crippen LogP contribution in [0.3, 0.4) is 0 Å². The number of aliphatic carboxylic acids is 1. The fourth-order valence-corrected chi connectivity index (χ4v) is 2.80. The smallest absolute Gasteiger partial charge is 0.307 e. The Labute approximate surface area is 155 Å². The van der Waals surface area contributed by atoms with Crippen LogP contribution in [0.5, 0.6) is 0 Å². The highest BCUT2D eigenvalue weighted by Crippen LogP contribution is 2.23. The van der Waals surface area contributed by atoms with Gasteiger partial charge in [0.25, 0.3) is 0 Å². The number of pyridine rings is 1. The van der Waals surface area contributed by atoms with Crippen LogP contribution < -0.4 is 22.4 Å². The molecule has 1 fully saturated rings. The largest absolute Gasteiger partial charge is 0.481 e. The van der Waals surface area contributed by atoms with Gasteiger partial charge in [0.1, 0.15) is 5.84 Å². The molecule has 8 nitrogen and oxygen atoms in total. The minimum absolute atomic E-state index is 0.0163. The molecule has 2 heterocycles. The van der Waals surface area contributed by atoms with Crippen LogP contribution in [0.25, 0.3) is 0 Å². The van der Waals surface area contributed by atoms with Gasteiger partial charge in [0, 0.05) is 24.2 Å². The van der Waals surface area contributed by atoms with E-state index < -0.39 is 11.9 Å². The summed E-state index contributed by atoms with van der Waals surface area (Å²) in [6.07, 6.45) is 4.66. The number of aryl methyl sites for hydroxylation is 1. The highest BCUT2D eigenvalue weighted by Gasteiger charge is 2.23. The molecule has 1 aromatic heterocycles. The number of nitrogens with one attached hydrogen (secondary N) is 2. The summed E-state index contributed by atoms with van der Waals surface area (Å²) in [7, 11) is 0. The van der Waals surface area contributed by atoms with Crippen molar-refractivity contribution in [3.05, 3.63) is 29.6 Å². The summed E-state index contributed by atoms with van der Waals surface area (Å²) in [4.78, 5) is 15.2. The van der Waals surface area contributed by atoms with E-state index in [4.69, 9.17) is 16.8 Å². The lowest BCUT2D eigenvalue weighted by Gasteiger charge is -2.21. The van der Waals surface area contributed by atoms with E-state index in [-0.39, 0.29) is 12.3 Å².